The number of ether oxygens (including phenoxy) is 1. The second-order valence-corrected chi connectivity index (χ2v) is 4.57. The van der Waals surface area contributed by atoms with Crippen LogP contribution in [-0.2, 0) is 0 Å². The Morgan fingerprint density at radius 1 is 1.00 bits per heavy atom. The van der Waals surface area contributed by atoms with Gasteiger partial charge in [-0.2, -0.15) is 0 Å². The first-order valence-corrected chi connectivity index (χ1v) is 6.75. The van der Waals surface area contributed by atoms with Crippen molar-refractivity contribution >= 4 is 23.3 Å². The Kier molecular flexibility index (Phi) is 5.29. The van der Waals surface area contributed by atoms with Crippen LogP contribution in [0.5, 0.6) is 5.75 Å². The number of nitro benzene ring substituents is 1. The number of nitrogens with one attached hydrogen (secondary N) is 3. The lowest BCUT2D eigenvalue weighted by molar-refractivity contribution is -0.384. The second kappa shape index (κ2) is 7.58. The minimum atomic E-state index is -0.689. The van der Waals surface area contributed by atoms with E-state index < -0.39 is 16.9 Å². The molecule has 124 valence electrons. The third kappa shape index (κ3) is 4.44. The average Bonchev–Trinajstić information content (AvgIpc) is 2.60. The first kappa shape index (κ1) is 16.7. The second-order valence-electron chi connectivity index (χ2n) is 4.57. The molecule has 2 aromatic carbocycles. The summed E-state index contributed by atoms with van der Waals surface area (Å²) >= 11 is 0. The van der Waals surface area contributed by atoms with E-state index in [2.05, 4.69) is 16.2 Å². The maximum absolute atomic E-state index is 11.9. The number of carbonyl (C=O) groups is 2. The number of anilines is 1. The number of nitro groups is 1. The lowest BCUT2D eigenvalue weighted by atomic mass is 10.2. The normalized spacial score (nSPS) is 9.71. The molecule has 0 aliphatic rings. The molecular weight excluding hydrogens is 316 g/mol. The molecule has 0 bridgehead atoms. The molecule has 9 nitrogen and oxygen atoms in total. The third-order valence-corrected chi connectivity index (χ3v) is 2.98. The quantitative estimate of drug-likeness (QED) is 0.585. The molecule has 0 saturated heterocycles. The zero-order valence-electron chi connectivity index (χ0n) is 12.6. The van der Waals surface area contributed by atoms with Crippen LogP contribution in [0.15, 0.2) is 48.5 Å². The lowest BCUT2D eigenvalue weighted by Crippen LogP contribution is -2.43. The van der Waals surface area contributed by atoms with Crippen LogP contribution in [0.3, 0.4) is 0 Å². The van der Waals surface area contributed by atoms with Crippen molar-refractivity contribution in [2.75, 3.05) is 12.4 Å². The first-order valence-electron chi connectivity index (χ1n) is 6.75. The van der Waals surface area contributed by atoms with E-state index in [1.807, 2.05) is 0 Å². The highest BCUT2D eigenvalue weighted by Gasteiger charge is 2.09. The van der Waals surface area contributed by atoms with Gasteiger partial charge in [0, 0.05) is 23.4 Å². The predicted molar refractivity (Wildman–Crippen MR) is 85.7 cm³/mol. The lowest BCUT2D eigenvalue weighted by Gasteiger charge is -2.09. The summed E-state index contributed by atoms with van der Waals surface area (Å²) in [4.78, 5) is 33.5. The Morgan fingerprint density at radius 2 is 1.62 bits per heavy atom. The summed E-state index contributed by atoms with van der Waals surface area (Å²) in [5.74, 6) is 0.104. The topological polar surface area (TPSA) is 123 Å². The number of hydrazine groups is 1. The van der Waals surface area contributed by atoms with E-state index in [0.717, 1.165) is 0 Å². The van der Waals surface area contributed by atoms with Gasteiger partial charge < -0.3 is 10.1 Å². The SMILES string of the molecule is COc1ccc(C(=O)NNC(=O)Nc2ccc([N+](=O)[O-])cc2)cc1. The summed E-state index contributed by atoms with van der Waals surface area (Å²) in [5.41, 5.74) is 5.01. The fourth-order valence-electron chi connectivity index (χ4n) is 1.76. The molecule has 0 saturated carbocycles. The Morgan fingerprint density at radius 3 is 2.17 bits per heavy atom. The van der Waals surface area contributed by atoms with Gasteiger partial charge >= 0.3 is 6.03 Å². The molecule has 0 heterocycles. The minimum absolute atomic E-state index is 0.0891. The molecule has 9 heteroatoms. The van der Waals surface area contributed by atoms with Crippen LogP contribution in [-0.4, -0.2) is 24.0 Å². The molecule has 0 unspecified atom stereocenters. The Labute approximate surface area is 136 Å². The largest absolute Gasteiger partial charge is 0.497 e. The highest BCUT2D eigenvalue weighted by molar-refractivity contribution is 5.97. The van der Waals surface area contributed by atoms with Crippen molar-refractivity contribution in [2.24, 2.45) is 0 Å². The number of hydrogen-bond donors (Lipinski definition) is 3. The average molecular weight is 330 g/mol. The van der Waals surface area contributed by atoms with E-state index in [-0.39, 0.29) is 5.69 Å². The van der Waals surface area contributed by atoms with Crippen LogP contribution in [0.1, 0.15) is 10.4 Å². The van der Waals surface area contributed by atoms with Gasteiger partial charge in [-0.1, -0.05) is 0 Å². The van der Waals surface area contributed by atoms with Gasteiger partial charge in [0.1, 0.15) is 5.75 Å². The summed E-state index contributed by atoms with van der Waals surface area (Å²) in [5, 5.41) is 13.0. The molecule has 0 spiro atoms. The van der Waals surface area contributed by atoms with Gasteiger partial charge in [-0.05, 0) is 36.4 Å². The summed E-state index contributed by atoms with van der Waals surface area (Å²) in [6.07, 6.45) is 0. The number of methoxy groups -OCH3 is 1. The molecule has 3 amide bonds. The summed E-state index contributed by atoms with van der Waals surface area (Å²) in [6.45, 7) is 0. The molecule has 2 rings (SSSR count). The fourth-order valence-corrected chi connectivity index (χ4v) is 1.76. The Hall–Kier alpha value is -3.62. The monoisotopic (exact) mass is 330 g/mol. The summed E-state index contributed by atoms with van der Waals surface area (Å²) < 4.78 is 4.98. The maximum atomic E-state index is 11.9. The molecule has 24 heavy (non-hydrogen) atoms. The standard InChI is InChI=1S/C15H14N4O5/c1-24-13-8-2-10(3-9-13)14(20)17-18-15(21)16-11-4-6-12(7-5-11)19(22)23/h2-9H,1H3,(H,17,20)(H2,16,18,21). The zero-order valence-corrected chi connectivity index (χ0v) is 12.6. The molecule has 0 fully saturated rings. The van der Waals surface area contributed by atoms with E-state index in [0.29, 0.717) is 17.0 Å². The van der Waals surface area contributed by atoms with Crippen LogP contribution in [0.2, 0.25) is 0 Å². The summed E-state index contributed by atoms with van der Waals surface area (Å²) in [7, 11) is 1.51. The van der Waals surface area contributed by atoms with Crippen molar-refractivity contribution in [2.45, 2.75) is 0 Å². The van der Waals surface area contributed by atoms with Crippen LogP contribution < -0.4 is 20.9 Å². The van der Waals surface area contributed by atoms with Crippen molar-refractivity contribution in [1.82, 2.24) is 10.9 Å². The van der Waals surface area contributed by atoms with Crippen molar-refractivity contribution in [3.05, 3.63) is 64.2 Å². The molecular formula is C15H14N4O5. The van der Waals surface area contributed by atoms with E-state index in [1.54, 1.807) is 24.3 Å². The highest BCUT2D eigenvalue weighted by Crippen LogP contribution is 2.15. The number of urea groups is 1. The van der Waals surface area contributed by atoms with Gasteiger partial charge in [0.2, 0.25) is 0 Å². The predicted octanol–water partition coefficient (Wildman–Crippen LogP) is 2.07. The van der Waals surface area contributed by atoms with Gasteiger partial charge in [-0.3, -0.25) is 20.3 Å². The Bertz CT molecular complexity index is 743. The van der Waals surface area contributed by atoms with Crippen LogP contribution in [0.25, 0.3) is 0 Å². The summed E-state index contributed by atoms with van der Waals surface area (Å²) in [6, 6.07) is 10.9. The van der Waals surface area contributed by atoms with Crippen LogP contribution in [0.4, 0.5) is 16.2 Å². The van der Waals surface area contributed by atoms with Gasteiger partial charge in [0.05, 0.1) is 12.0 Å². The van der Waals surface area contributed by atoms with Crippen LogP contribution >= 0.6 is 0 Å². The number of carbonyl (C=O) groups excluding carboxylic acids is 2. The molecule has 2 aromatic rings. The van der Waals surface area contributed by atoms with E-state index in [1.165, 1.54) is 31.4 Å². The first-order chi connectivity index (χ1) is 11.5. The van der Waals surface area contributed by atoms with Crippen molar-refractivity contribution in [3.63, 3.8) is 0 Å². The molecule has 0 aromatic heterocycles. The van der Waals surface area contributed by atoms with E-state index in [9.17, 15) is 19.7 Å². The molecule has 0 aliphatic heterocycles. The highest BCUT2D eigenvalue weighted by atomic mass is 16.6. The molecule has 0 radical (unpaired) electrons. The number of non-ortho nitro benzene ring substituents is 1. The number of nitrogens with zero attached hydrogens (tertiary/aromatic N) is 1. The third-order valence-electron chi connectivity index (χ3n) is 2.98. The zero-order chi connectivity index (χ0) is 17.5. The van der Waals surface area contributed by atoms with Crippen LogP contribution in [0, 0.1) is 10.1 Å². The van der Waals surface area contributed by atoms with Gasteiger partial charge in [-0.15, -0.1) is 0 Å². The number of hydrogen-bond acceptors (Lipinski definition) is 5. The maximum Gasteiger partial charge on any atom is 0.337 e. The van der Waals surface area contributed by atoms with Gasteiger partial charge in [0.15, 0.2) is 0 Å². The van der Waals surface area contributed by atoms with E-state index >= 15 is 0 Å². The van der Waals surface area contributed by atoms with Crippen molar-refractivity contribution < 1.29 is 19.2 Å². The number of benzene rings is 2. The molecule has 0 aliphatic carbocycles. The number of rotatable bonds is 4. The fraction of sp³-hybridized carbons (Fsp3) is 0.0667. The van der Waals surface area contributed by atoms with Gasteiger partial charge in [0.25, 0.3) is 11.6 Å². The van der Waals surface area contributed by atoms with Gasteiger partial charge in [-0.25, -0.2) is 10.2 Å². The minimum Gasteiger partial charge on any atom is -0.497 e. The van der Waals surface area contributed by atoms with Crippen molar-refractivity contribution in [3.8, 4) is 5.75 Å². The molecule has 0 atom stereocenters. The Balaban J connectivity index is 1.85. The smallest absolute Gasteiger partial charge is 0.337 e. The molecule has 3 N–H and O–H groups in total. The number of amides is 3. The van der Waals surface area contributed by atoms with E-state index in [4.69, 9.17) is 4.74 Å². The van der Waals surface area contributed by atoms with Crippen molar-refractivity contribution in [1.29, 1.82) is 0 Å².